The minimum absolute atomic E-state index is 0. The zero-order valence-corrected chi connectivity index (χ0v) is 20.1. The van der Waals surface area contributed by atoms with Crippen molar-refractivity contribution in [2.24, 2.45) is 0 Å². The molecule has 0 bridgehead atoms. The van der Waals surface area contributed by atoms with Gasteiger partial charge in [0, 0.05) is 21.5 Å². The number of benzene rings is 2. The Morgan fingerprint density at radius 3 is 2.28 bits per heavy atom. The van der Waals surface area contributed by atoms with E-state index in [1.165, 1.54) is 10.5 Å². The van der Waals surface area contributed by atoms with Crippen LogP contribution in [0, 0.1) is 0 Å². The molecule has 32 heavy (non-hydrogen) atoms. The third kappa shape index (κ3) is 6.24. The Morgan fingerprint density at radius 1 is 0.906 bits per heavy atom. The summed E-state index contributed by atoms with van der Waals surface area (Å²) in [6.45, 7) is 2.14. The van der Waals surface area contributed by atoms with Crippen molar-refractivity contribution in [3.8, 4) is 11.3 Å². The SMILES string of the molecule is C[C@@H](c1cc[cH-]c1Sc1ccc(Cl)cc1)n1cc(-c2ccccc2)nn1.[Fe+2].c1cc[cH-]c1. The first kappa shape index (κ1) is 24.1. The molecule has 0 aliphatic carbocycles. The predicted molar refractivity (Wildman–Crippen MR) is 129 cm³/mol. The Morgan fingerprint density at radius 2 is 1.62 bits per heavy atom. The average Bonchev–Trinajstić information content (AvgIpc) is 3.58. The van der Waals surface area contributed by atoms with Gasteiger partial charge in [-0.3, -0.25) is 4.68 Å². The van der Waals surface area contributed by atoms with Crippen molar-refractivity contribution in [1.82, 2.24) is 15.0 Å². The van der Waals surface area contributed by atoms with Gasteiger partial charge in [0.1, 0.15) is 5.69 Å². The number of halogens is 1. The number of hydrogen-bond donors (Lipinski definition) is 0. The molecule has 3 nitrogen and oxygen atoms in total. The summed E-state index contributed by atoms with van der Waals surface area (Å²) in [5.74, 6) is 0. The van der Waals surface area contributed by atoms with Crippen LogP contribution in [0.5, 0.6) is 0 Å². The zero-order valence-electron chi connectivity index (χ0n) is 17.5. The molecule has 0 aliphatic rings. The van der Waals surface area contributed by atoms with E-state index in [9.17, 15) is 0 Å². The van der Waals surface area contributed by atoms with Gasteiger partial charge >= 0.3 is 17.1 Å². The Balaban J connectivity index is 0.000000427. The van der Waals surface area contributed by atoms with Crippen molar-refractivity contribution in [3.05, 3.63) is 120 Å². The van der Waals surface area contributed by atoms with E-state index in [1.807, 2.05) is 95.8 Å². The molecule has 1 heterocycles. The van der Waals surface area contributed by atoms with E-state index in [-0.39, 0.29) is 23.1 Å². The van der Waals surface area contributed by atoms with Crippen molar-refractivity contribution >= 4 is 23.4 Å². The third-order valence-electron chi connectivity index (χ3n) is 4.83. The second kappa shape index (κ2) is 11.9. The molecule has 0 unspecified atom stereocenters. The minimum atomic E-state index is 0. The summed E-state index contributed by atoms with van der Waals surface area (Å²) in [5, 5.41) is 9.43. The summed E-state index contributed by atoms with van der Waals surface area (Å²) in [5.41, 5.74) is 3.19. The molecule has 5 aromatic rings. The van der Waals surface area contributed by atoms with Crippen LogP contribution in [0.3, 0.4) is 0 Å². The van der Waals surface area contributed by atoms with Gasteiger partial charge in [-0.1, -0.05) is 54.1 Å². The van der Waals surface area contributed by atoms with Crippen molar-refractivity contribution < 1.29 is 17.1 Å². The van der Waals surface area contributed by atoms with Crippen molar-refractivity contribution in [1.29, 1.82) is 0 Å². The summed E-state index contributed by atoms with van der Waals surface area (Å²) >= 11 is 7.72. The van der Waals surface area contributed by atoms with Crippen LogP contribution >= 0.6 is 23.4 Å². The number of rotatable bonds is 5. The van der Waals surface area contributed by atoms with Gasteiger partial charge < -0.3 is 0 Å². The average molecular weight is 500 g/mol. The number of hydrogen-bond acceptors (Lipinski definition) is 3. The van der Waals surface area contributed by atoms with Gasteiger partial charge in [0.2, 0.25) is 0 Å². The summed E-state index contributed by atoms with van der Waals surface area (Å²) in [6.07, 6.45) is 2.00. The Kier molecular flexibility index (Phi) is 8.95. The molecule has 0 aliphatic heterocycles. The number of nitrogens with zero attached hydrogens (tertiary/aromatic N) is 3. The van der Waals surface area contributed by atoms with E-state index in [1.54, 1.807) is 11.8 Å². The summed E-state index contributed by atoms with van der Waals surface area (Å²) in [7, 11) is 0. The van der Waals surface area contributed by atoms with Crippen LogP contribution in [0.25, 0.3) is 11.3 Å². The maximum atomic E-state index is 5.98. The van der Waals surface area contributed by atoms with Gasteiger partial charge in [0.05, 0.1) is 6.20 Å². The predicted octanol–water partition coefficient (Wildman–Crippen LogP) is 7.48. The molecule has 4 aromatic carbocycles. The first-order chi connectivity index (χ1) is 15.2. The fourth-order valence-corrected chi connectivity index (χ4v) is 4.31. The summed E-state index contributed by atoms with van der Waals surface area (Å²) < 4.78 is 1.92. The van der Waals surface area contributed by atoms with Gasteiger partial charge in [-0.25, -0.2) is 18.2 Å². The molecular weight excluding hydrogens is 478 g/mol. The fraction of sp³-hybridized carbons (Fsp3) is 0.0769. The first-order valence-electron chi connectivity index (χ1n) is 10.0. The zero-order chi connectivity index (χ0) is 21.5. The molecule has 0 fully saturated rings. The molecule has 1 atom stereocenters. The molecular formula is C26H22ClFeN3S. The van der Waals surface area contributed by atoms with E-state index in [2.05, 4.69) is 35.4 Å². The smallest absolute Gasteiger partial charge is 0.257 e. The molecule has 0 saturated heterocycles. The molecule has 6 heteroatoms. The van der Waals surface area contributed by atoms with Crippen LogP contribution in [-0.2, 0) is 17.1 Å². The van der Waals surface area contributed by atoms with E-state index in [0.717, 1.165) is 21.2 Å². The van der Waals surface area contributed by atoms with Crippen LogP contribution in [0.15, 0.2) is 119 Å². The van der Waals surface area contributed by atoms with Crippen LogP contribution in [0.1, 0.15) is 18.5 Å². The van der Waals surface area contributed by atoms with Crippen LogP contribution in [-0.4, -0.2) is 15.0 Å². The quantitative estimate of drug-likeness (QED) is 0.185. The molecule has 0 spiro atoms. The Hall–Kier alpha value is -2.56. The normalized spacial score (nSPS) is 11.2. The monoisotopic (exact) mass is 499 g/mol. The molecule has 162 valence electrons. The van der Waals surface area contributed by atoms with Gasteiger partial charge in [0.25, 0.3) is 0 Å². The van der Waals surface area contributed by atoms with E-state index >= 15 is 0 Å². The molecule has 5 rings (SSSR count). The molecule has 0 saturated carbocycles. The van der Waals surface area contributed by atoms with Crippen molar-refractivity contribution in [2.45, 2.75) is 22.8 Å². The number of aromatic nitrogens is 3. The molecule has 0 amide bonds. The topological polar surface area (TPSA) is 30.7 Å². The largest absolute Gasteiger partial charge is 2.00 e. The summed E-state index contributed by atoms with van der Waals surface area (Å²) in [6, 6.07) is 34.5. The summed E-state index contributed by atoms with van der Waals surface area (Å²) in [4.78, 5) is 2.38. The van der Waals surface area contributed by atoms with E-state index < -0.39 is 0 Å². The van der Waals surface area contributed by atoms with Gasteiger partial charge in [0.15, 0.2) is 0 Å². The second-order valence-corrected chi connectivity index (χ2v) is 8.54. The first-order valence-corrected chi connectivity index (χ1v) is 11.2. The van der Waals surface area contributed by atoms with Crippen LogP contribution in [0.2, 0.25) is 5.02 Å². The standard InChI is InChI=1S/C21H17ClN3S.C5H5.Fe/c1-15(25-14-20(23-24-25)16-6-3-2-4-7-16)19-8-5-9-21(19)26-18-12-10-17(22)11-13-18;1-2-4-5-3-1;/h2-15H,1H3;1-5H;/q2*-1;+2/t15-;;/m0../s1. The Bertz CT molecular complexity index is 1160. The molecule has 1 aromatic heterocycles. The van der Waals surface area contributed by atoms with Gasteiger partial charge in [-0.05, 0) is 24.3 Å². The fourth-order valence-electron chi connectivity index (χ4n) is 3.16. The third-order valence-corrected chi connectivity index (χ3v) is 6.18. The maximum Gasteiger partial charge on any atom is 2.00 e. The minimum Gasteiger partial charge on any atom is -0.257 e. The van der Waals surface area contributed by atoms with Gasteiger partial charge in [-0.15, -0.1) is 21.8 Å². The maximum absolute atomic E-state index is 5.98. The van der Waals surface area contributed by atoms with Gasteiger partial charge in [-0.2, -0.15) is 35.9 Å². The van der Waals surface area contributed by atoms with Crippen LogP contribution in [0.4, 0.5) is 0 Å². The van der Waals surface area contributed by atoms with E-state index in [4.69, 9.17) is 11.6 Å². The second-order valence-electron chi connectivity index (χ2n) is 6.99. The van der Waals surface area contributed by atoms with E-state index in [0.29, 0.717) is 0 Å². The van der Waals surface area contributed by atoms with Crippen molar-refractivity contribution in [2.75, 3.05) is 0 Å². The Labute approximate surface area is 208 Å². The van der Waals surface area contributed by atoms with Crippen LogP contribution < -0.4 is 0 Å². The van der Waals surface area contributed by atoms with Crippen molar-refractivity contribution in [3.63, 3.8) is 0 Å². The molecule has 0 radical (unpaired) electrons. The molecule has 0 N–H and O–H groups in total.